The lowest BCUT2D eigenvalue weighted by Gasteiger charge is -2.57. The molecule has 4 fully saturated rings. The molecule has 2 N–H and O–H groups in total. The van der Waals surface area contributed by atoms with Gasteiger partial charge < -0.3 is 14.5 Å². The molecule has 166 valence electrons. The summed E-state index contributed by atoms with van der Waals surface area (Å²) in [6.07, 6.45) is 8.15. The van der Waals surface area contributed by atoms with Crippen molar-refractivity contribution in [1.82, 2.24) is 0 Å². The van der Waals surface area contributed by atoms with Crippen molar-refractivity contribution in [3.8, 4) is 5.75 Å². The lowest BCUT2D eigenvalue weighted by Crippen LogP contribution is -2.49. The molecule has 4 saturated carbocycles. The van der Waals surface area contributed by atoms with Crippen molar-refractivity contribution in [3.63, 3.8) is 0 Å². The van der Waals surface area contributed by atoms with Crippen LogP contribution in [0, 0.1) is 17.8 Å². The molecule has 0 aromatic heterocycles. The van der Waals surface area contributed by atoms with E-state index >= 15 is 0 Å². The first-order valence-corrected chi connectivity index (χ1v) is 15.0. The van der Waals surface area contributed by atoms with Crippen molar-refractivity contribution < 1.29 is 14.5 Å². The van der Waals surface area contributed by atoms with Gasteiger partial charge in [0.25, 0.3) is 0 Å². The Morgan fingerprint density at radius 2 is 1.48 bits per heavy atom. The summed E-state index contributed by atoms with van der Waals surface area (Å²) in [4.78, 5) is 0. The minimum Gasteiger partial charge on any atom is -0.543 e. The third-order valence-corrected chi connectivity index (χ3v) is 13.4. The third-order valence-electron chi connectivity index (χ3n) is 9.04. The Morgan fingerprint density at radius 1 is 0.903 bits per heavy atom. The highest BCUT2D eigenvalue weighted by Gasteiger charge is 2.53. The smallest absolute Gasteiger partial charge is 0.488 e. The average Bonchev–Trinajstić information content (AvgIpc) is 2.64. The van der Waals surface area contributed by atoms with Crippen LogP contribution in [0.2, 0.25) is 18.1 Å². The summed E-state index contributed by atoms with van der Waals surface area (Å²) in [6, 6.07) is 10.4. The molecule has 0 radical (unpaired) electrons. The Balaban J connectivity index is 1.67. The van der Waals surface area contributed by atoms with E-state index in [4.69, 9.17) is 4.43 Å². The summed E-state index contributed by atoms with van der Waals surface area (Å²) < 4.78 is 7.01. The van der Waals surface area contributed by atoms with E-state index < -0.39 is 15.4 Å². The Hall–Kier alpha value is -1.30. The molecule has 0 saturated heterocycles. The minimum atomic E-state index is -1.99. The maximum absolute atomic E-state index is 9.72. The zero-order valence-electron chi connectivity index (χ0n) is 19.7. The van der Waals surface area contributed by atoms with Gasteiger partial charge in [-0.3, -0.25) is 0 Å². The summed E-state index contributed by atoms with van der Waals surface area (Å²) in [7, 11) is -3.42. The molecule has 31 heavy (non-hydrogen) atoms. The van der Waals surface area contributed by atoms with Gasteiger partial charge in [-0.25, -0.2) is 0 Å². The van der Waals surface area contributed by atoms with Gasteiger partial charge >= 0.3 is 7.12 Å². The van der Waals surface area contributed by atoms with Crippen molar-refractivity contribution in [2.24, 2.45) is 17.8 Å². The highest BCUT2D eigenvalue weighted by atomic mass is 28.4. The van der Waals surface area contributed by atoms with E-state index in [1.807, 2.05) is 18.2 Å². The van der Waals surface area contributed by atoms with E-state index in [0.29, 0.717) is 5.46 Å². The maximum atomic E-state index is 9.72. The second kappa shape index (κ2) is 7.10. The quantitative estimate of drug-likeness (QED) is 0.634. The van der Waals surface area contributed by atoms with Gasteiger partial charge in [-0.1, -0.05) is 39.0 Å². The molecule has 3 nitrogen and oxygen atoms in total. The SMILES string of the molecule is CC(C)(C)[Si](C)(C)Oc1cc2ccc(B(O)O)cc2cc1C12CC3CC(CC(C3)C1)C2. The predicted molar refractivity (Wildman–Crippen MR) is 131 cm³/mol. The van der Waals surface area contributed by atoms with Crippen LogP contribution >= 0.6 is 0 Å². The summed E-state index contributed by atoms with van der Waals surface area (Å²) in [5.74, 6) is 3.70. The van der Waals surface area contributed by atoms with Crippen LogP contribution in [0.4, 0.5) is 0 Å². The fourth-order valence-corrected chi connectivity index (χ4v) is 7.85. The van der Waals surface area contributed by atoms with Crippen LogP contribution in [0.25, 0.3) is 10.8 Å². The normalized spacial score (nSPS) is 30.1. The van der Waals surface area contributed by atoms with Gasteiger partial charge in [0.05, 0.1) is 0 Å². The Kier molecular flexibility index (Phi) is 4.93. The first-order valence-electron chi connectivity index (χ1n) is 12.1. The molecule has 4 aliphatic rings. The molecule has 4 bridgehead atoms. The fraction of sp³-hybridized carbons (Fsp3) is 0.615. The van der Waals surface area contributed by atoms with Crippen LogP contribution < -0.4 is 9.89 Å². The zero-order chi connectivity index (χ0) is 22.2. The van der Waals surface area contributed by atoms with Crippen LogP contribution in [0.5, 0.6) is 5.75 Å². The molecule has 6 rings (SSSR count). The average molecular weight is 436 g/mol. The van der Waals surface area contributed by atoms with Gasteiger partial charge in [0.15, 0.2) is 0 Å². The van der Waals surface area contributed by atoms with Crippen molar-refractivity contribution in [3.05, 3.63) is 35.9 Å². The lowest BCUT2D eigenvalue weighted by molar-refractivity contribution is -0.00580. The molecule has 2 aromatic carbocycles. The van der Waals surface area contributed by atoms with Crippen molar-refractivity contribution in [2.75, 3.05) is 0 Å². The van der Waals surface area contributed by atoms with E-state index in [0.717, 1.165) is 34.3 Å². The van der Waals surface area contributed by atoms with E-state index in [9.17, 15) is 10.0 Å². The standard InChI is InChI=1S/C26H37BO3Si/c1-25(2,3)31(4,5)30-24-13-20-6-7-22(27(28)29)11-21(20)12-23(24)26-14-17-8-18(15-26)10-19(9-17)16-26/h6-7,11-13,17-19,28-29H,8-10,14-16H2,1-5H3. The Bertz CT molecular complexity index is 972. The van der Waals surface area contributed by atoms with Crippen LogP contribution in [0.3, 0.4) is 0 Å². The molecule has 0 heterocycles. The molecule has 0 atom stereocenters. The topological polar surface area (TPSA) is 49.7 Å². The van der Waals surface area contributed by atoms with Crippen LogP contribution in [-0.4, -0.2) is 25.5 Å². The van der Waals surface area contributed by atoms with Crippen LogP contribution in [-0.2, 0) is 5.41 Å². The molecule has 0 spiro atoms. The first kappa shape index (κ1) is 21.5. The summed E-state index contributed by atoms with van der Waals surface area (Å²) >= 11 is 0. The third kappa shape index (κ3) is 3.67. The van der Waals surface area contributed by atoms with E-state index in [2.05, 4.69) is 46.0 Å². The van der Waals surface area contributed by atoms with Gasteiger partial charge in [0.1, 0.15) is 5.75 Å². The zero-order valence-corrected chi connectivity index (χ0v) is 20.7. The molecule has 0 aliphatic heterocycles. The first-order chi connectivity index (χ1) is 14.5. The molecule has 0 amide bonds. The maximum Gasteiger partial charge on any atom is 0.488 e. The van der Waals surface area contributed by atoms with Crippen molar-refractivity contribution in [1.29, 1.82) is 0 Å². The minimum absolute atomic E-state index is 0.144. The highest BCUT2D eigenvalue weighted by Crippen LogP contribution is 2.62. The fourth-order valence-electron chi connectivity index (χ4n) is 6.82. The number of rotatable bonds is 4. The molecular weight excluding hydrogens is 399 g/mol. The second-order valence-corrected chi connectivity index (χ2v) is 17.1. The van der Waals surface area contributed by atoms with E-state index in [1.54, 1.807) is 0 Å². The van der Waals surface area contributed by atoms with E-state index in [-0.39, 0.29) is 10.5 Å². The van der Waals surface area contributed by atoms with Crippen molar-refractivity contribution >= 4 is 31.7 Å². The van der Waals surface area contributed by atoms with Gasteiger partial charge in [-0.05, 0) is 114 Å². The Morgan fingerprint density at radius 3 is 2.00 bits per heavy atom. The second-order valence-electron chi connectivity index (χ2n) is 12.4. The molecule has 0 unspecified atom stereocenters. The monoisotopic (exact) mass is 436 g/mol. The number of benzene rings is 2. The van der Waals surface area contributed by atoms with Gasteiger partial charge in [-0.2, -0.15) is 0 Å². The molecule has 2 aromatic rings. The van der Waals surface area contributed by atoms with Crippen LogP contribution in [0.1, 0.15) is 64.9 Å². The number of fused-ring (bicyclic) bond motifs is 1. The molecule has 5 heteroatoms. The highest BCUT2D eigenvalue weighted by molar-refractivity contribution is 6.74. The van der Waals surface area contributed by atoms with Crippen molar-refractivity contribution in [2.45, 2.75) is 82.8 Å². The summed E-state index contributed by atoms with van der Waals surface area (Å²) in [5.41, 5.74) is 2.18. The summed E-state index contributed by atoms with van der Waals surface area (Å²) in [6.45, 7) is 11.6. The number of hydrogen-bond acceptors (Lipinski definition) is 3. The van der Waals surface area contributed by atoms with Gasteiger partial charge in [0.2, 0.25) is 8.32 Å². The number of hydrogen-bond donors (Lipinski definition) is 2. The van der Waals surface area contributed by atoms with E-state index in [1.165, 1.54) is 44.1 Å². The van der Waals surface area contributed by atoms with Gasteiger partial charge in [-0.15, -0.1) is 0 Å². The van der Waals surface area contributed by atoms with Gasteiger partial charge in [0, 0.05) is 0 Å². The molecular formula is C26H37BO3Si. The Labute approximate surface area is 188 Å². The predicted octanol–water partition coefficient (Wildman–Crippen LogP) is 5.37. The largest absolute Gasteiger partial charge is 0.543 e. The van der Waals surface area contributed by atoms with Crippen LogP contribution in [0.15, 0.2) is 30.3 Å². The molecule has 4 aliphatic carbocycles. The lowest BCUT2D eigenvalue weighted by atomic mass is 9.48. The summed E-state index contributed by atoms with van der Waals surface area (Å²) in [5, 5.41) is 21.8.